The molecule has 1 aromatic heterocycles. The van der Waals surface area contributed by atoms with E-state index in [1.807, 2.05) is 37.3 Å². The van der Waals surface area contributed by atoms with E-state index in [2.05, 4.69) is 20.9 Å². The molecule has 0 amide bonds. The van der Waals surface area contributed by atoms with Crippen molar-refractivity contribution < 1.29 is 9.53 Å². The summed E-state index contributed by atoms with van der Waals surface area (Å²) in [5, 5.41) is 0. The molecule has 0 saturated heterocycles. The van der Waals surface area contributed by atoms with Gasteiger partial charge in [-0.3, -0.25) is 4.98 Å². The average Bonchev–Trinajstić information content (AvgIpc) is 2.39. The fraction of sp³-hybridized carbons (Fsp3) is 0.200. The van der Waals surface area contributed by atoms with Gasteiger partial charge < -0.3 is 4.74 Å². The molecule has 98 valence electrons. The zero-order chi connectivity index (χ0) is 13.8. The Morgan fingerprint density at radius 1 is 1.21 bits per heavy atom. The number of carbonyl (C=O) groups excluding carboxylic acids is 1. The number of esters is 1. The van der Waals surface area contributed by atoms with Crippen molar-refractivity contribution in [1.29, 1.82) is 0 Å². The van der Waals surface area contributed by atoms with Gasteiger partial charge >= 0.3 is 5.97 Å². The van der Waals surface area contributed by atoms with Gasteiger partial charge in [0, 0.05) is 15.7 Å². The van der Waals surface area contributed by atoms with Gasteiger partial charge in [-0.05, 0) is 38.1 Å². The molecule has 0 radical (unpaired) electrons. The largest absolute Gasteiger partial charge is 0.462 e. The minimum atomic E-state index is -0.340. The monoisotopic (exact) mass is 319 g/mol. The molecular formula is C15H14BrNO2. The number of aromatic nitrogens is 1. The fourth-order valence-electron chi connectivity index (χ4n) is 1.76. The number of aryl methyl sites for hydroxylation is 1. The smallest absolute Gasteiger partial charge is 0.340 e. The number of hydrogen-bond acceptors (Lipinski definition) is 3. The van der Waals surface area contributed by atoms with Crippen LogP contribution in [0.15, 0.2) is 40.9 Å². The van der Waals surface area contributed by atoms with Crippen molar-refractivity contribution in [2.75, 3.05) is 6.61 Å². The first-order valence-corrected chi connectivity index (χ1v) is 6.82. The van der Waals surface area contributed by atoms with Gasteiger partial charge in [0.15, 0.2) is 0 Å². The van der Waals surface area contributed by atoms with E-state index in [4.69, 9.17) is 4.74 Å². The van der Waals surface area contributed by atoms with Crippen molar-refractivity contribution in [3.63, 3.8) is 0 Å². The van der Waals surface area contributed by atoms with Gasteiger partial charge in [-0.2, -0.15) is 0 Å². The molecule has 0 spiro atoms. The van der Waals surface area contributed by atoms with E-state index in [0.717, 1.165) is 15.7 Å². The summed E-state index contributed by atoms with van der Waals surface area (Å²) in [6, 6.07) is 11.3. The second-order valence-corrected chi connectivity index (χ2v) is 4.99. The molecule has 19 heavy (non-hydrogen) atoms. The highest BCUT2D eigenvalue weighted by atomic mass is 79.9. The molecule has 0 bridgehead atoms. The lowest BCUT2D eigenvalue weighted by molar-refractivity contribution is 0.0527. The van der Waals surface area contributed by atoms with Crippen LogP contribution in [0.3, 0.4) is 0 Å². The van der Waals surface area contributed by atoms with Gasteiger partial charge in [0.05, 0.1) is 17.9 Å². The van der Waals surface area contributed by atoms with Crippen LogP contribution in [0.2, 0.25) is 0 Å². The maximum Gasteiger partial charge on any atom is 0.340 e. The summed E-state index contributed by atoms with van der Waals surface area (Å²) in [5.74, 6) is -0.340. The number of halogens is 1. The lowest BCUT2D eigenvalue weighted by Crippen LogP contribution is -2.08. The molecule has 0 saturated carbocycles. The Balaban J connectivity index is 2.51. The summed E-state index contributed by atoms with van der Waals surface area (Å²) in [6.07, 6.45) is 0. The van der Waals surface area contributed by atoms with Crippen LogP contribution in [0.1, 0.15) is 23.0 Å². The minimum absolute atomic E-state index is 0.340. The van der Waals surface area contributed by atoms with Crippen molar-refractivity contribution in [2.45, 2.75) is 13.8 Å². The Bertz CT molecular complexity index is 594. The van der Waals surface area contributed by atoms with Gasteiger partial charge in [-0.1, -0.05) is 28.1 Å². The number of ether oxygens (including phenoxy) is 1. The van der Waals surface area contributed by atoms with Crippen LogP contribution in [0.4, 0.5) is 0 Å². The number of benzene rings is 1. The summed E-state index contributed by atoms with van der Waals surface area (Å²) in [7, 11) is 0. The predicted molar refractivity (Wildman–Crippen MR) is 78.1 cm³/mol. The van der Waals surface area contributed by atoms with E-state index in [1.165, 1.54) is 0 Å². The van der Waals surface area contributed by atoms with Crippen molar-refractivity contribution in [3.05, 3.63) is 52.1 Å². The van der Waals surface area contributed by atoms with Crippen LogP contribution in [0, 0.1) is 6.92 Å². The maximum atomic E-state index is 11.9. The van der Waals surface area contributed by atoms with Crippen LogP contribution in [-0.4, -0.2) is 17.6 Å². The molecule has 3 nitrogen and oxygen atoms in total. The molecule has 2 rings (SSSR count). The van der Waals surface area contributed by atoms with Crippen LogP contribution in [-0.2, 0) is 4.74 Å². The molecule has 1 aromatic carbocycles. The zero-order valence-corrected chi connectivity index (χ0v) is 12.4. The molecule has 0 atom stereocenters. The van der Waals surface area contributed by atoms with Gasteiger partial charge in [-0.15, -0.1) is 0 Å². The Kier molecular flexibility index (Phi) is 4.32. The minimum Gasteiger partial charge on any atom is -0.462 e. The van der Waals surface area contributed by atoms with Gasteiger partial charge in [0.1, 0.15) is 0 Å². The van der Waals surface area contributed by atoms with Crippen molar-refractivity contribution in [2.24, 2.45) is 0 Å². The first-order chi connectivity index (χ1) is 9.11. The molecule has 1 heterocycles. The van der Waals surface area contributed by atoms with Crippen molar-refractivity contribution in [3.8, 4) is 11.3 Å². The molecular weight excluding hydrogens is 306 g/mol. The molecule has 2 aromatic rings. The first-order valence-electron chi connectivity index (χ1n) is 6.02. The molecule has 0 unspecified atom stereocenters. The Labute approximate surface area is 120 Å². The summed E-state index contributed by atoms with van der Waals surface area (Å²) in [4.78, 5) is 16.4. The van der Waals surface area contributed by atoms with Gasteiger partial charge in [-0.25, -0.2) is 4.79 Å². The third kappa shape index (κ3) is 3.20. The summed E-state index contributed by atoms with van der Waals surface area (Å²) >= 11 is 3.39. The first kappa shape index (κ1) is 13.7. The standard InChI is InChI=1S/C15H14BrNO2/c1-3-19-15(18)13-9-4-10(2)17-14(13)11-5-7-12(16)8-6-11/h4-9H,3H2,1-2H3. The summed E-state index contributed by atoms with van der Waals surface area (Å²) < 4.78 is 6.05. The highest BCUT2D eigenvalue weighted by Gasteiger charge is 2.15. The highest BCUT2D eigenvalue weighted by molar-refractivity contribution is 9.10. The zero-order valence-electron chi connectivity index (χ0n) is 10.8. The number of hydrogen-bond donors (Lipinski definition) is 0. The van der Waals surface area contributed by atoms with Gasteiger partial charge in [0.25, 0.3) is 0 Å². The second-order valence-electron chi connectivity index (χ2n) is 4.08. The van der Waals surface area contributed by atoms with Crippen LogP contribution in [0.5, 0.6) is 0 Å². The Hall–Kier alpha value is -1.68. The van der Waals surface area contributed by atoms with Crippen molar-refractivity contribution >= 4 is 21.9 Å². The SMILES string of the molecule is CCOC(=O)c1ccc(C)nc1-c1ccc(Br)cc1. The third-order valence-electron chi connectivity index (χ3n) is 2.65. The topological polar surface area (TPSA) is 39.2 Å². The molecule has 4 heteroatoms. The van der Waals surface area contributed by atoms with Crippen LogP contribution < -0.4 is 0 Å². The van der Waals surface area contributed by atoms with E-state index in [9.17, 15) is 4.79 Å². The van der Waals surface area contributed by atoms with E-state index in [1.54, 1.807) is 13.0 Å². The van der Waals surface area contributed by atoms with E-state index in [-0.39, 0.29) is 5.97 Å². The average molecular weight is 320 g/mol. The number of pyridine rings is 1. The van der Waals surface area contributed by atoms with E-state index in [0.29, 0.717) is 17.9 Å². The highest BCUT2D eigenvalue weighted by Crippen LogP contribution is 2.24. The third-order valence-corrected chi connectivity index (χ3v) is 3.18. The van der Waals surface area contributed by atoms with Crippen LogP contribution in [0.25, 0.3) is 11.3 Å². The number of rotatable bonds is 3. The van der Waals surface area contributed by atoms with E-state index < -0.39 is 0 Å². The lowest BCUT2D eigenvalue weighted by atomic mass is 10.1. The molecule has 0 fully saturated rings. The second kappa shape index (κ2) is 5.97. The molecule has 0 aliphatic rings. The number of nitrogens with zero attached hydrogens (tertiary/aromatic N) is 1. The van der Waals surface area contributed by atoms with E-state index >= 15 is 0 Å². The molecule has 0 aliphatic heterocycles. The Morgan fingerprint density at radius 2 is 1.89 bits per heavy atom. The fourth-order valence-corrected chi connectivity index (χ4v) is 2.02. The predicted octanol–water partition coefficient (Wildman–Crippen LogP) is 4.00. The molecule has 0 N–H and O–H groups in total. The number of carbonyl (C=O) groups is 1. The quantitative estimate of drug-likeness (QED) is 0.803. The normalized spacial score (nSPS) is 10.3. The summed E-state index contributed by atoms with van der Waals surface area (Å²) in [6.45, 7) is 4.04. The maximum absolute atomic E-state index is 11.9. The van der Waals surface area contributed by atoms with Gasteiger partial charge in [0.2, 0.25) is 0 Å². The van der Waals surface area contributed by atoms with Crippen molar-refractivity contribution in [1.82, 2.24) is 4.98 Å². The lowest BCUT2D eigenvalue weighted by Gasteiger charge is -2.09. The van der Waals surface area contributed by atoms with Crippen LogP contribution >= 0.6 is 15.9 Å². The molecule has 0 aliphatic carbocycles. The summed E-state index contributed by atoms with van der Waals surface area (Å²) in [5.41, 5.74) is 2.92. The Morgan fingerprint density at radius 3 is 2.53 bits per heavy atom.